The van der Waals surface area contributed by atoms with Crippen LogP contribution in [0.15, 0.2) is 18.2 Å². The minimum absolute atomic E-state index is 0.00899. The molecule has 21 heavy (non-hydrogen) atoms. The summed E-state index contributed by atoms with van der Waals surface area (Å²) < 4.78 is 5.46. The lowest BCUT2D eigenvalue weighted by Crippen LogP contribution is -2.12. The van der Waals surface area contributed by atoms with Crippen molar-refractivity contribution in [2.75, 3.05) is 18.5 Å². The molecule has 2 unspecified atom stereocenters. The Labute approximate surface area is 124 Å². The molecule has 0 amide bonds. The second-order valence-corrected chi connectivity index (χ2v) is 5.50. The van der Waals surface area contributed by atoms with Gasteiger partial charge in [0.2, 0.25) is 0 Å². The maximum Gasteiger partial charge on any atom is 0.311 e. The summed E-state index contributed by atoms with van der Waals surface area (Å²) in [7, 11) is 0. The highest BCUT2D eigenvalue weighted by molar-refractivity contribution is 5.58. The molecule has 0 radical (unpaired) electrons. The van der Waals surface area contributed by atoms with E-state index in [2.05, 4.69) is 5.32 Å². The minimum Gasteiger partial charge on any atom is -0.487 e. The Morgan fingerprint density at radius 1 is 1.48 bits per heavy atom. The number of benzene rings is 1. The van der Waals surface area contributed by atoms with Crippen LogP contribution in [0.1, 0.15) is 32.6 Å². The van der Waals surface area contributed by atoms with Gasteiger partial charge in [-0.2, -0.15) is 0 Å². The Morgan fingerprint density at radius 3 is 2.90 bits per heavy atom. The summed E-state index contributed by atoms with van der Waals surface area (Å²) in [4.78, 5) is 10.5. The third-order valence-electron chi connectivity index (χ3n) is 3.73. The fourth-order valence-corrected chi connectivity index (χ4v) is 2.60. The standard InChI is InChI=1S/C15H22N2O4/c1-2-7-21-15-9-12(4-6-14(15)17(19)20)16-10-11-3-5-13(18)8-11/h4,6,9,11,13,16,18H,2-3,5,7-8,10H2,1H3. The highest BCUT2D eigenvalue weighted by Gasteiger charge is 2.22. The van der Waals surface area contributed by atoms with Crippen LogP contribution in [0.5, 0.6) is 5.75 Å². The molecule has 1 aliphatic rings. The van der Waals surface area contributed by atoms with E-state index in [1.807, 2.05) is 6.92 Å². The van der Waals surface area contributed by atoms with Crippen LogP contribution in [0.25, 0.3) is 0 Å². The van der Waals surface area contributed by atoms with Gasteiger partial charge in [0.05, 0.1) is 17.6 Å². The molecule has 116 valence electrons. The van der Waals surface area contributed by atoms with Gasteiger partial charge in [0.15, 0.2) is 5.75 Å². The molecular formula is C15H22N2O4. The van der Waals surface area contributed by atoms with Crippen molar-refractivity contribution >= 4 is 11.4 Å². The second-order valence-electron chi connectivity index (χ2n) is 5.50. The number of nitro benzene ring substituents is 1. The van der Waals surface area contributed by atoms with Gasteiger partial charge >= 0.3 is 5.69 Å². The van der Waals surface area contributed by atoms with Crippen molar-refractivity contribution in [2.45, 2.75) is 38.7 Å². The topological polar surface area (TPSA) is 84.6 Å². The van der Waals surface area contributed by atoms with Crippen molar-refractivity contribution in [2.24, 2.45) is 5.92 Å². The van der Waals surface area contributed by atoms with Crippen molar-refractivity contribution in [1.29, 1.82) is 0 Å². The molecule has 2 rings (SSSR count). The van der Waals surface area contributed by atoms with Crippen LogP contribution >= 0.6 is 0 Å². The first-order chi connectivity index (χ1) is 10.1. The van der Waals surface area contributed by atoms with E-state index in [1.54, 1.807) is 12.1 Å². The number of ether oxygens (including phenoxy) is 1. The molecular weight excluding hydrogens is 272 g/mol. The van der Waals surface area contributed by atoms with Gasteiger partial charge in [-0.3, -0.25) is 10.1 Å². The Bertz CT molecular complexity index is 493. The number of anilines is 1. The summed E-state index contributed by atoms with van der Waals surface area (Å²) >= 11 is 0. The fourth-order valence-electron chi connectivity index (χ4n) is 2.60. The van der Waals surface area contributed by atoms with E-state index in [0.29, 0.717) is 18.3 Å². The molecule has 2 atom stereocenters. The van der Waals surface area contributed by atoms with E-state index in [4.69, 9.17) is 4.74 Å². The molecule has 0 aliphatic heterocycles. The molecule has 1 aromatic carbocycles. The van der Waals surface area contributed by atoms with Crippen LogP contribution in [0.3, 0.4) is 0 Å². The molecule has 1 fully saturated rings. The van der Waals surface area contributed by atoms with E-state index < -0.39 is 4.92 Å². The predicted molar refractivity (Wildman–Crippen MR) is 80.7 cm³/mol. The van der Waals surface area contributed by atoms with E-state index in [9.17, 15) is 15.2 Å². The lowest BCUT2D eigenvalue weighted by molar-refractivity contribution is -0.385. The summed E-state index contributed by atoms with van der Waals surface area (Å²) in [6.07, 6.45) is 3.31. The van der Waals surface area contributed by atoms with Gasteiger partial charge in [0.25, 0.3) is 0 Å². The van der Waals surface area contributed by atoms with Gasteiger partial charge < -0.3 is 15.2 Å². The number of nitrogens with one attached hydrogen (secondary N) is 1. The molecule has 0 saturated heterocycles. The van der Waals surface area contributed by atoms with E-state index in [0.717, 1.165) is 37.9 Å². The third-order valence-corrected chi connectivity index (χ3v) is 3.73. The van der Waals surface area contributed by atoms with Crippen molar-refractivity contribution in [3.63, 3.8) is 0 Å². The van der Waals surface area contributed by atoms with Gasteiger partial charge in [-0.05, 0) is 37.7 Å². The predicted octanol–water partition coefficient (Wildman–Crippen LogP) is 2.96. The van der Waals surface area contributed by atoms with Crippen molar-refractivity contribution in [3.05, 3.63) is 28.3 Å². The Balaban J connectivity index is 2.00. The lowest BCUT2D eigenvalue weighted by Gasteiger charge is -2.13. The van der Waals surface area contributed by atoms with Gasteiger partial charge in [-0.15, -0.1) is 0 Å². The summed E-state index contributed by atoms with van der Waals surface area (Å²) in [5.41, 5.74) is 0.804. The monoisotopic (exact) mass is 294 g/mol. The molecule has 0 heterocycles. The highest BCUT2D eigenvalue weighted by Crippen LogP contribution is 2.31. The van der Waals surface area contributed by atoms with E-state index in [1.165, 1.54) is 6.07 Å². The maximum atomic E-state index is 11.0. The van der Waals surface area contributed by atoms with Crippen LogP contribution in [0.2, 0.25) is 0 Å². The molecule has 0 bridgehead atoms. The number of aliphatic hydroxyl groups excluding tert-OH is 1. The summed E-state index contributed by atoms with van der Waals surface area (Å²) in [5, 5.41) is 23.8. The van der Waals surface area contributed by atoms with Crippen LogP contribution in [-0.4, -0.2) is 29.3 Å². The SMILES string of the molecule is CCCOc1cc(NCC2CCC(O)C2)ccc1[N+](=O)[O-]. The van der Waals surface area contributed by atoms with Crippen molar-refractivity contribution in [1.82, 2.24) is 0 Å². The van der Waals surface area contributed by atoms with Crippen LogP contribution < -0.4 is 10.1 Å². The average Bonchev–Trinajstić information content (AvgIpc) is 2.88. The number of nitro groups is 1. The van der Waals surface area contributed by atoms with Crippen LogP contribution in [0.4, 0.5) is 11.4 Å². The van der Waals surface area contributed by atoms with Gasteiger partial charge in [0, 0.05) is 24.4 Å². The summed E-state index contributed by atoms with van der Waals surface area (Å²) in [6, 6.07) is 4.85. The second kappa shape index (κ2) is 7.26. The molecule has 1 aliphatic carbocycles. The quantitative estimate of drug-likeness (QED) is 0.596. The molecule has 6 heteroatoms. The Hall–Kier alpha value is -1.82. The largest absolute Gasteiger partial charge is 0.487 e. The maximum absolute atomic E-state index is 11.0. The Kier molecular flexibility index (Phi) is 5.38. The molecule has 2 N–H and O–H groups in total. The number of aliphatic hydroxyl groups is 1. The molecule has 0 spiro atoms. The van der Waals surface area contributed by atoms with Crippen LogP contribution in [0, 0.1) is 16.0 Å². The average molecular weight is 294 g/mol. The minimum atomic E-state index is -0.428. The normalized spacial score (nSPS) is 21.2. The zero-order valence-corrected chi connectivity index (χ0v) is 12.2. The number of rotatable bonds is 7. The smallest absolute Gasteiger partial charge is 0.311 e. The third kappa shape index (κ3) is 4.32. The Morgan fingerprint density at radius 2 is 2.29 bits per heavy atom. The highest BCUT2D eigenvalue weighted by atomic mass is 16.6. The van der Waals surface area contributed by atoms with Gasteiger partial charge in [-0.1, -0.05) is 6.92 Å². The van der Waals surface area contributed by atoms with Crippen LogP contribution in [-0.2, 0) is 0 Å². The van der Waals surface area contributed by atoms with Gasteiger partial charge in [0.1, 0.15) is 0 Å². The summed E-state index contributed by atoms with van der Waals surface area (Å²) in [5.74, 6) is 0.758. The van der Waals surface area contributed by atoms with E-state index >= 15 is 0 Å². The first kappa shape index (κ1) is 15.6. The molecule has 1 aromatic rings. The van der Waals surface area contributed by atoms with E-state index in [-0.39, 0.29) is 11.8 Å². The van der Waals surface area contributed by atoms with Crippen molar-refractivity contribution in [3.8, 4) is 5.75 Å². The molecule has 6 nitrogen and oxygen atoms in total. The number of hydrogen-bond donors (Lipinski definition) is 2. The molecule has 0 aromatic heterocycles. The van der Waals surface area contributed by atoms with Crippen molar-refractivity contribution < 1.29 is 14.8 Å². The zero-order valence-electron chi connectivity index (χ0n) is 12.2. The first-order valence-corrected chi connectivity index (χ1v) is 7.43. The molecule has 1 saturated carbocycles. The zero-order chi connectivity index (χ0) is 15.2. The summed E-state index contributed by atoms with van der Waals surface area (Å²) in [6.45, 7) is 3.18. The first-order valence-electron chi connectivity index (χ1n) is 7.43. The lowest BCUT2D eigenvalue weighted by atomic mass is 10.1. The van der Waals surface area contributed by atoms with Gasteiger partial charge in [-0.25, -0.2) is 0 Å². The number of nitrogens with zero attached hydrogens (tertiary/aromatic N) is 1. The fraction of sp³-hybridized carbons (Fsp3) is 0.600. The number of hydrogen-bond acceptors (Lipinski definition) is 5.